The molecule has 0 unspecified atom stereocenters. The predicted octanol–water partition coefficient (Wildman–Crippen LogP) is 2.93. The molecule has 1 aromatic carbocycles. The molecule has 23 heavy (non-hydrogen) atoms. The van der Waals surface area contributed by atoms with Gasteiger partial charge in [0.2, 0.25) is 6.29 Å². The first-order valence-electron chi connectivity index (χ1n) is 7.59. The number of fused-ring (bicyclic) bond motifs is 2. The maximum Gasteiger partial charge on any atom is 0.201 e. The Hall–Kier alpha value is -2.37. The van der Waals surface area contributed by atoms with Crippen LogP contribution in [0, 0.1) is 0 Å². The van der Waals surface area contributed by atoms with Crippen LogP contribution in [0.1, 0.15) is 57.7 Å². The van der Waals surface area contributed by atoms with E-state index >= 15 is 0 Å². The molecule has 3 rings (SSSR count). The van der Waals surface area contributed by atoms with Crippen LogP contribution in [0.15, 0.2) is 36.5 Å². The monoisotopic (exact) mass is 311 g/mol. The Balaban J connectivity index is 2.06. The van der Waals surface area contributed by atoms with Crippen molar-refractivity contribution in [3.05, 3.63) is 64.5 Å². The molecular weight excluding hydrogens is 294 g/mol. The summed E-state index contributed by atoms with van der Waals surface area (Å²) in [6.45, 7) is 4.63. The lowest BCUT2D eigenvalue weighted by atomic mass is 9.85. The van der Waals surface area contributed by atoms with Crippen molar-refractivity contribution in [1.29, 1.82) is 0 Å². The number of hydrogen-bond donors (Lipinski definition) is 0. The van der Waals surface area contributed by atoms with E-state index in [1.54, 1.807) is 30.3 Å². The highest BCUT2D eigenvalue weighted by Gasteiger charge is 2.30. The molecule has 5 nitrogen and oxygen atoms in total. The van der Waals surface area contributed by atoms with Gasteiger partial charge in [-0.1, -0.05) is 24.3 Å². The van der Waals surface area contributed by atoms with Crippen molar-refractivity contribution in [2.75, 3.05) is 13.2 Å². The van der Waals surface area contributed by atoms with Crippen molar-refractivity contribution in [1.82, 2.24) is 4.98 Å². The van der Waals surface area contributed by atoms with Gasteiger partial charge in [-0.3, -0.25) is 14.6 Å². The third kappa shape index (κ3) is 2.69. The molecule has 0 fully saturated rings. The van der Waals surface area contributed by atoms with Crippen molar-refractivity contribution < 1.29 is 19.1 Å². The fourth-order valence-electron chi connectivity index (χ4n) is 2.66. The molecule has 1 heterocycles. The smallest absolute Gasteiger partial charge is 0.201 e. The lowest BCUT2D eigenvalue weighted by Gasteiger charge is -2.20. The van der Waals surface area contributed by atoms with Gasteiger partial charge < -0.3 is 9.47 Å². The van der Waals surface area contributed by atoms with Crippen LogP contribution >= 0.6 is 0 Å². The Morgan fingerprint density at radius 1 is 0.913 bits per heavy atom. The van der Waals surface area contributed by atoms with Crippen LogP contribution in [0.2, 0.25) is 0 Å². The van der Waals surface area contributed by atoms with Crippen molar-refractivity contribution in [2.45, 2.75) is 20.1 Å². The van der Waals surface area contributed by atoms with Crippen LogP contribution < -0.4 is 0 Å². The predicted molar refractivity (Wildman–Crippen MR) is 83.5 cm³/mol. The summed E-state index contributed by atoms with van der Waals surface area (Å²) in [5.41, 5.74) is 2.01. The van der Waals surface area contributed by atoms with Gasteiger partial charge in [-0.05, 0) is 19.9 Å². The highest BCUT2D eigenvalue weighted by atomic mass is 16.7. The van der Waals surface area contributed by atoms with Crippen LogP contribution in [0.3, 0.4) is 0 Å². The Kier molecular flexibility index (Phi) is 4.32. The molecule has 0 amide bonds. The molecule has 2 aromatic rings. The van der Waals surface area contributed by atoms with Crippen molar-refractivity contribution >= 4 is 11.6 Å². The summed E-state index contributed by atoms with van der Waals surface area (Å²) in [7, 11) is 0. The summed E-state index contributed by atoms with van der Waals surface area (Å²) in [4.78, 5) is 29.5. The number of rotatable bonds is 5. The van der Waals surface area contributed by atoms with E-state index < -0.39 is 6.29 Å². The standard InChI is InChI=1S/C18H17NO4/c1-3-22-18(23-4-2)15-9-13-14(10-19-15)17(21)12-8-6-5-7-11(12)16(13)20/h5-10,18H,3-4H2,1-2H3. The maximum atomic E-state index is 12.7. The molecular formula is C18H17NO4. The molecule has 0 atom stereocenters. The Morgan fingerprint density at radius 2 is 1.48 bits per heavy atom. The zero-order chi connectivity index (χ0) is 16.4. The number of carbonyl (C=O) groups is 2. The summed E-state index contributed by atoms with van der Waals surface area (Å²) < 4.78 is 11.0. The van der Waals surface area contributed by atoms with Crippen LogP contribution in [-0.4, -0.2) is 29.8 Å². The zero-order valence-corrected chi connectivity index (χ0v) is 13.0. The highest BCUT2D eigenvalue weighted by Crippen LogP contribution is 2.29. The number of nitrogens with zero attached hydrogens (tertiary/aromatic N) is 1. The molecule has 1 aromatic heterocycles. The van der Waals surface area contributed by atoms with Gasteiger partial charge in [-0.15, -0.1) is 0 Å². The number of ketones is 2. The third-order valence-electron chi connectivity index (χ3n) is 3.71. The van der Waals surface area contributed by atoms with Gasteiger partial charge in [-0.25, -0.2) is 0 Å². The van der Waals surface area contributed by atoms with E-state index in [4.69, 9.17) is 9.47 Å². The summed E-state index contributed by atoms with van der Waals surface area (Å²) in [5.74, 6) is -0.357. The zero-order valence-electron chi connectivity index (χ0n) is 13.0. The minimum Gasteiger partial charge on any atom is -0.347 e. The lowest BCUT2D eigenvalue weighted by molar-refractivity contribution is -0.142. The quantitative estimate of drug-likeness (QED) is 0.678. The number of hydrogen-bond acceptors (Lipinski definition) is 5. The molecule has 0 saturated heterocycles. The molecule has 0 spiro atoms. The normalized spacial score (nSPS) is 13.2. The SMILES string of the molecule is CCOC(OCC)c1cc2c(cn1)C(=O)c1ccccc1C2=O. The van der Waals surface area contributed by atoms with Gasteiger partial charge in [0.05, 0.1) is 11.3 Å². The molecule has 0 radical (unpaired) electrons. The van der Waals surface area contributed by atoms with Crippen molar-refractivity contribution in [3.8, 4) is 0 Å². The summed E-state index contributed by atoms with van der Waals surface area (Å²) in [6.07, 6.45) is 0.793. The second-order valence-electron chi connectivity index (χ2n) is 5.10. The minimum absolute atomic E-state index is 0.175. The van der Waals surface area contributed by atoms with E-state index in [0.29, 0.717) is 41.2 Å². The topological polar surface area (TPSA) is 65.5 Å². The fraction of sp³-hybridized carbons (Fsp3) is 0.278. The molecule has 0 N–H and O–H groups in total. The van der Waals surface area contributed by atoms with E-state index in [0.717, 1.165) is 0 Å². The van der Waals surface area contributed by atoms with E-state index in [1.807, 2.05) is 13.8 Å². The Morgan fingerprint density at radius 3 is 2.04 bits per heavy atom. The van der Waals surface area contributed by atoms with Gasteiger partial charge in [-0.2, -0.15) is 0 Å². The molecule has 0 saturated carbocycles. The van der Waals surface area contributed by atoms with Gasteiger partial charge >= 0.3 is 0 Å². The van der Waals surface area contributed by atoms with E-state index in [9.17, 15) is 9.59 Å². The number of aromatic nitrogens is 1. The highest BCUT2D eigenvalue weighted by molar-refractivity contribution is 6.28. The van der Waals surface area contributed by atoms with Crippen LogP contribution in [0.5, 0.6) is 0 Å². The lowest BCUT2D eigenvalue weighted by Crippen LogP contribution is -2.22. The third-order valence-corrected chi connectivity index (χ3v) is 3.71. The Bertz CT molecular complexity index is 763. The minimum atomic E-state index is -0.643. The van der Waals surface area contributed by atoms with Gasteiger partial charge in [0.15, 0.2) is 11.6 Å². The average Bonchev–Trinajstić information content (AvgIpc) is 2.59. The molecule has 5 heteroatoms. The molecule has 0 aliphatic heterocycles. The summed E-state index contributed by atoms with van der Waals surface area (Å²) in [6, 6.07) is 8.43. The van der Waals surface area contributed by atoms with Gasteiger partial charge in [0.25, 0.3) is 0 Å². The first kappa shape index (κ1) is 15.5. The van der Waals surface area contributed by atoms with E-state index in [1.165, 1.54) is 6.20 Å². The Labute approximate surface area is 134 Å². The number of pyridine rings is 1. The number of ether oxygens (including phenoxy) is 2. The fourth-order valence-corrected chi connectivity index (χ4v) is 2.66. The maximum absolute atomic E-state index is 12.7. The molecule has 1 aliphatic rings. The molecule has 0 bridgehead atoms. The second-order valence-corrected chi connectivity index (χ2v) is 5.10. The first-order chi connectivity index (χ1) is 11.2. The number of benzene rings is 1. The van der Waals surface area contributed by atoms with E-state index in [2.05, 4.69) is 4.98 Å². The largest absolute Gasteiger partial charge is 0.347 e. The van der Waals surface area contributed by atoms with Gasteiger partial charge in [0, 0.05) is 36.1 Å². The van der Waals surface area contributed by atoms with Crippen molar-refractivity contribution in [3.63, 3.8) is 0 Å². The second kappa shape index (κ2) is 6.40. The average molecular weight is 311 g/mol. The van der Waals surface area contributed by atoms with Crippen LogP contribution in [0.4, 0.5) is 0 Å². The van der Waals surface area contributed by atoms with Crippen LogP contribution in [0.25, 0.3) is 0 Å². The first-order valence-corrected chi connectivity index (χ1v) is 7.59. The van der Waals surface area contributed by atoms with Gasteiger partial charge in [0.1, 0.15) is 0 Å². The molecule has 118 valence electrons. The summed E-state index contributed by atoms with van der Waals surface area (Å²) >= 11 is 0. The summed E-state index contributed by atoms with van der Waals surface area (Å²) in [5, 5.41) is 0. The van der Waals surface area contributed by atoms with Crippen LogP contribution in [-0.2, 0) is 9.47 Å². The van der Waals surface area contributed by atoms with E-state index in [-0.39, 0.29) is 11.6 Å². The molecule has 1 aliphatic carbocycles. The number of carbonyl (C=O) groups excluding carboxylic acids is 2. The van der Waals surface area contributed by atoms with Crippen molar-refractivity contribution in [2.24, 2.45) is 0 Å².